The van der Waals surface area contributed by atoms with Crippen LogP contribution in [0.2, 0.25) is 0 Å². The number of hydrogen-bond donors (Lipinski definition) is 1. The van der Waals surface area contributed by atoms with Crippen LogP contribution in [-0.2, 0) is 4.79 Å². The number of carbonyl (C=O) groups excluding carboxylic acids is 1. The second-order valence-electron chi connectivity index (χ2n) is 4.48. The van der Waals surface area contributed by atoms with E-state index in [0.29, 0.717) is 30.0 Å². The second kappa shape index (κ2) is 8.17. The summed E-state index contributed by atoms with van der Waals surface area (Å²) in [7, 11) is 1.72. The lowest BCUT2D eigenvalue weighted by Gasteiger charge is -2.17. The van der Waals surface area contributed by atoms with Gasteiger partial charge >= 0.3 is 0 Å². The van der Waals surface area contributed by atoms with Crippen molar-refractivity contribution in [3.05, 3.63) is 30.1 Å². The molecule has 1 unspecified atom stereocenters. The van der Waals surface area contributed by atoms with E-state index in [1.165, 1.54) is 17.8 Å². The Bertz CT molecular complexity index is 412. The first-order valence-electron chi connectivity index (χ1n) is 6.30. The second-order valence-corrected chi connectivity index (χ2v) is 5.62. The topological polar surface area (TPSA) is 40.5 Å². The maximum absolute atomic E-state index is 13.3. The molecule has 0 radical (unpaired) electrons. The van der Waals surface area contributed by atoms with Gasteiger partial charge in [-0.1, -0.05) is 12.1 Å². The lowest BCUT2D eigenvalue weighted by Crippen LogP contribution is -2.29. The maximum Gasteiger partial charge on any atom is 0.223 e. The number of nitrogens with zero attached hydrogens (tertiary/aromatic N) is 1. The summed E-state index contributed by atoms with van der Waals surface area (Å²) in [4.78, 5) is 13.9. The first kappa shape index (κ1) is 16.0. The van der Waals surface area contributed by atoms with Crippen LogP contribution in [0.25, 0.3) is 0 Å². The van der Waals surface area contributed by atoms with Gasteiger partial charge in [0.1, 0.15) is 5.82 Å². The summed E-state index contributed by atoms with van der Waals surface area (Å²) in [5.41, 5.74) is 0. The van der Waals surface area contributed by atoms with Crippen molar-refractivity contribution in [2.24, 2.45) is 0 Å². The molecule has 1 rings (SSSR count). The van der Waals surface area contributed by atoms with Crippen LogP contribution in [0.5, 0.6) is 0 Å². The van der Waals surface area contributed by atoms with Gasteiger partial charge in [-0.15, -0.1) is 11.8 Å². The van der Waals surface area contributed by atoms with Gasteiger partial charge in [0.05, 0.1) is 6.10 Å². The van der Waals surface area contributed by atoms with Crippen molar-refractivity contribution in [1.82, 2.24) is 4.90 Å². The smallest absolute Gasteiger partial charge is 0.223 e. The van der Waals surface area contributed by atoms with Crippen LogP contribution in [0.1, 0.15) is 19.8 Å². The number of hydrogen-bond acceptors (Lipinski definition) is 3. The molecular formula is C14H20FNO2S. The lowest BCUT2D eigenvalue weighted by molar-refractivity contribution is -0.129. The van der Waals surface area contributed by atoms with Gasteiger partial charge in [-0.3, -0.25) is 4.79 Å². The predicted molar refractivity (Wildman–Crippen MR) is 75.7 cm³/mol. The molecule has 0 heterocycles. The van der Waals surface area contributed by atoms with Crippen LogP contribution in [-0.4, -0.2) is 41.4 Å². The van der Waals surface area contributed by atoms with Crippen LogP contribution < -0.4 is 0 Å². The number of halogens is 1. The molecule has 106 valence electrons. The third-order valence-electron chi connectivity index (χ3n) is 2.72. The van der Waals surface area contributed by atoms with E-state index in [9.17, 15) is 9.18 Å². The average Bonchev–Trinajstić information content (AvgIpc) is 2.38. The van der Waals surface area contributed by atoms with Gasteiger partial charge in [-0.25, -0.2) is 4.39 Å². The zero-order chi connectivity index (χ0) is 14.3. The van der Waals surface area contributed by atoms with E-state index < -0.39 is 6.10 Å². The van der Waals surface area contributed by atoms with Gasteiger partial charge in [-0.2, -0.15) is 0 Å². The van der Waals surface area contributed by atoms with Crippen LogP contribution in [0, 0.1) is 5.82 Å². The fraction of sp³-hybridized carbons (Fsp3) is 0.500. The molecule has 0 aliphatic carbocycles. The number of carbonyl (C=O) groups is 1. The van der Waals surface area contributed by atoms with E-state index in [2.05, 4.69) is 0 Å². The Balaban J connectivity index is 2.29. The van der Waals surface area contributed by atoms with E-state index in [1.807, 2.05) is 0 Å². The highest BCUT2D eigenvalue weighted by atomic mass is 32.2. The highest BCUT2D eigenvalue weighted by Crippen LogP contribution is 2.21. The molecule has 0 fully saturated rings. The maximum atomic E-state index is 13.3. The summed E-state index contributed by atoms with van der Waals surface area (Å²) in [5, 5.41) is 9.15. The molecule has 5 heteroatoms. The molecule has 1 amide bonds. The molecule has 0 aromatic heterocycles. The van der Waals surface area contributed by atoms with E-state index in [1.54, 1.807) is 37.1 Å². The monoisotopic (exact) mass is 285 g/mol. The SMILES string of the molecule is CC(O)CCN(C)C(=O)CCSc1ccccc1F. The molecule has 0 aliphatic heterocycles. The summed E-state index contributed by atoms with van der Waals surface area (Å²) in [6.45, 7) is 2.24. The van der Waals surface area contributed by atoms with Gasteiger partial charge < -0.3 is 10.0 Å². The fourth-order valence-corrected chi connectivity index (χ4v) is 2.38. The largest absolute Gasteiger partial charge is 0.393 e. The molecule has 0 aliphatic rings. The van der Waals surface area contributed by atoms with Gasteiger partial charge in [0.25, 0.3) is 0 Å². The van der Waals surface area contributed by atoms with E-state index in [-0.39, 0.29) is 11.7 Å². The Labute approximate surface area is 117 Å². The minimum Gasteiger partial charge on any atom is -0.393 e. The third-order valence-corrected chi connectivity index (χ3v) is 3.77. The number of rotatable bonds is 7. The molecule has 1 atom stereocenters. The van der Waals surface area contributed by atoms with Crippen molar-refractivity contribution >= 4 is 17.7 Å². The van der Waals surface area contributed by atoms with Crippen molar-refractivity contribution in [2.45, 2.75) is 30.8 Å². The van der Waals surface area contributed by atoms with Gasteiger partial charge in [0, 0.05) is 30.7 Å². The van der Waals surface area contributed by atoms with Crippen molar-refractivity contribution in [3.63, 3.8) is 0 Å². The molecule has 0 bridgehead atoms. The quantitative estimate of drug-likeness (QED) is 0.783. The minimum absolute atomic E-state index is 0.0180. The summed E-state index contributed by atoms with van der Waals surface area (Å²) >= 11 is 1.35. The Morgan fingerprint density at radius 3 is 2.79 bits per heavy atom. The Kier molecular flexibility index (Phi) is 6.87. The van der Waals surface area contributed by atoms with Crippen molar-refractivity contribution in [3.8, 4) is 0 Å². The number of amides is 1. The Hall–Kier alpha value is -1.07. The lowest BCUT2D eigenvalue weighted by atomic mass is 10.2. The normalized spacial score (nSPS) is 12.2. The number of thioether (sulfide) groups is 1. The predicted octanol–water partition coefficient (Wildman–Crippen LogP) is 2.54. The highest BCUT2D eigenvalue weighted by molar-refractivity contribution is 7.99. The summed E-state index contributed by atoms with van der Waals surface area (Å²) in [6.07, 6.45) is 0.543. The molecule has 1 N–H and O–H groups in total. The van der Waals surface area contributed by atoms with E-state index >= 15 is 0 Å². The Morgan fingerprint density at radius 2 is 2.16 bits per heavy atom. The van der Waals surface area contributed by atoms with E-state index in [0.717, 1.165) is 0 Å². The third kappa shape index (κ3) is 6.07. The molecule has 1 aromatic carbocycles. The average molecular weight is 285 g/mol. The van der Waals surface area contributed by atoms with Crippen LogP contribution in [0.4, 0.5) is 4.39 Å². The molecular weight excluding hydrogens is 265 g/mol. The van der Waals surface area contributed by atoms with Gasteiger partial charge in [0.15, 0.2) is 0 Å². The van der Waals surface area contributed by atoms with Gasteiger partial charge in [0.2, 0.25) is 5.91 Å². The molecule has 19 heavy (non-hydrogen) atoms. The van der Waals surface area contributed by atoms with E-state index in [4.69, 9.17) is 5.11 Å². The molecule has 0 spiro atoms. The summed E-state index contributed by atoms with van der Waals surface area (Å²) in [5.74, 6) is 0.325. The summed E-state index contributed by atoms with van der Waals surface area (Å²) in [6, 6.07) is 6.55. The van der Waals surface area contributed by atoms with Crippen LogP contribution in [0.3, 0.4) is 0 Å². The number of aliphatic hydroxyl groups is 1. The number of aliphatic hydroxyl groups excluding tert-OH is 1. The molecule has 3 nitrogen and oxygen atoms in total. The molecule has 0 saturated heterocycles. The van der Waals surface area contributed by atoms with Crippen molar-refractivity contribution < 1.29 is 14.3 Å². The van der Waals surface area contributed by atoms with Crippen molar-refractivity contribution in [1.29, 1.82) is 0 Å². The minimum atomic E-state index is -0.400. The van der Waals surface area contributed by atoms with Crippen molar-refractivity contribution in [2.75, 3.05) is 19.3 Å². The first-order valence-corrected chi connectivity index (χ1v) is 7.28. The number of benzene rings is 1. The Morgan fingerprint density at radius 1 is 1.47 bits per heavy atom. The van der Waals surface area contributed by atoms with Crippen LogP contribution in [0.15, 0.2) is 29.2 Å². The molecule has 1 aromatic rings. The van der Waals surface area contributed by atoms with Crippen LogP contribution >= 0.6 is 11.8 Å². The zero-order valence-electron chi connectivity index (χ0n) is 11.3. The summed E-state index contributed by atoms with van der Waals surface area (Å²) < 4.78 is 13.3. The standard InChI is InChI=1S/C14H20FNO2S/c1-11(17)7-9-16(2)14(18)8-10-19-13-6-4-3-5-12(13)15/h3-6,11,17H,7-10H2,1-2H3. The highest BCUT2D eigenvalue weighted by Gasteiger charge is 2.10. The zero-order valence-corrected chi connectivity index (χ0v) is 12.1. The first-order chi connectivity index (χ1) is 9.00. The fourth-order valence-electron chi connectivity index (χ4n) is 1.51. The molecule has 0 saturated carbocycles. The van der Waals surface area contributed by atoms with Gasteiger partial charge in [-0.05, 0) is 25.5 Å².